The molecule has 1 rings (SSSR count). The van der Waals surface area contributed by atoms with Crippen LogP contribution in [0.25, 0.3) is 0 Å². The molecule has 0 saturated carbocycles. The number of nitrogens with one attached hydrogen (secondary N) is 2. The molecule has 0 unspecified atom stereocenters. The van der Waals surface area contributed by atoms with E-state index in [1.807, 2.05) is 5.32 Å². The number of halogens is 1. The summed E-state index contributed by atoms with van der Waals surface area (Å²) in [6.45, 7) is 3.06. The highest BCUT2D eigenvalue weighted by atomic mass is 19.1. The van der Waals surface area contributed by atoms with Gasteiger partial charge in [-0.2, -0.15) is 0 Å². The van der Waals surface area contributed by atoms with Crippen LogP contribution in [0.15, 0.2) is 18.2 Å². The maximum absolute atomic E-state index is 13.6. The smallest absolute Gasteiger partial charge is 0.397 e. The number of amides is 2. The predicted molar refractivity (Wildman–Crippen MR) is 76.9 cm³/mol. The zero-order valence-corrected chi connectivity index (χ0v) is 12.5. The second-order valence-electron chi connectivity index (χ2n) is 4.04. The lowest BCUT2D eigenvalue weighted by molar-refractivity contribution is -0.152. The molecular weight excluding hydrogens is 311 g/mol. The van der Waals surface area contributed by atoms with Crippen molar-refractivity contribution in [2.75, 3.05) is 23.8 Å². The molecule has 0 atom stereocenters. The number of rotatable bonds is 4. The molecule has 2 N–H and O–H groups in total. The Hall–Kier alpha value is -2.97. The van der Waals surface area contributed by atoms with Crippen molar-refractivity contribution in [1.29, 1.82) is 0 Å². The summed E-state index contributed by atoms with van der Waals surface area (Å²) in [7, 11) is 0. The first-order valence-corrected chi connectivity index (χ1v) is 6.64. The molecule has 0 fully saturated rings. The minimum atomic E-state index is -1.17. The molecule has 1 aromatic rings. The molecule has 1 aromatic carbocycles. The number of carbonyl (C=O) groups is 4. The van der Waals surface area contributed by atoms with Gasteiger partial charge in [-0.1, -0.05) is 0 Å². The average Bonchev–Trinajstić information content (AvgIpc) is 2.50. The van der Waals surface area contributed by atoms with E-state index in [1.165, 1.54) is 19.9 Å². The van der Waals surface area contributed by atoms with Gasteiger partial charge in [0, 0.05) is 5.69 Å². The SMILES string of the molecule is CCOC(=O)C(=O)Nc1ccc(F)c(NC(=O)C(=O)OCC)c1. The summed E-state index contributed by atoms with van der Waals surface area (Å²) in [5, 5.41) is 4.18. The van der Waals surface area contributed by atoms with Crippen molar-refractivity contribution in [1.82, 2.24) is 0 Å². The molecule has 124 valence electrons. The van der Waals surface area contributed by atoms with Crippen LogP contribution in [0.2, 0.25) is 0 Å². The molecule has 8 nitrogen and oxygen atoms in total. The molecule has 0 radical (unpaired) electrons. The van der Waals surface area contributed by atoms with Crippen molar-refractivity contribution in [2.24, 2.45) is 0 Å². The number of ether oxygens (including phenoxy) is 2. The Labute approximate surface area is 130 Å². The molecule has 9 heteroatoms. The third-order valence-corrected chi connectivity index (χ3v) is 2.39. The predicted octanol–water partition coefficient (Wildman–Crippen LogP) is 0.829. The molecule has 0 spiro atoms. The number of anilines is 2. The monoisotopic (exact) mass is 326 g/mol. The van der Waals surface area contributed by atoms with Crippen molar-refractivity contribution in [2.45, 2.75) is 13.8 Å². The first-order chi connectivity index (χ1) is 10.9. The van der Waals surface area contributed by atoms with Crippen LogP contribution in [0, 0.1) is 5.82 Å². The van der Waals surface area contributed by atoms with Gasteiger partial charge in [0.15, 0.2) is 0 Å². The summed E-state index contributed by atoms with van der Waals surface area (Å²) in [4.78, 5) is 45.3. The Bertz CT molecular complexity index is 632. The number of carbonyl (C=O) groups excluding carboxylic acids is 4. The van der Waals surface area contributed by atoms with E-state index in [4.69, 9.17) is 0 Å². The van der Waals surface area contributed by atoms with E-state index in [9.17, 15) is 23.6 Å². The highest BCUT2D eigenvalue weighted by Crippen LogP contribution is 2.19. The van der Waals surface area contributed by atoms with Crippen LogP contribution in [-0.4, -0.2) is 37.0 Å². The van der Waals surface area contributed by atoms with E-state index in [2.05, 4.69) is 14.8 Å². The van der Waals surface area contributed by atoms with Crippen LogP contribution in [0.1, 0.15) is 13.8 Å². The van der Waals surface area contributed by atoms with Crippen LogP contribution < -0.4 is 10.6 Å². The summed E-state index contributed by atoms with van der Waals surface area (Å²) in [6.07, 6.45) is 0. The zero-order chi connectivity index (χ0) is 17.4. The fourth-order valence-corrected chi connectivity index (χ4v) is 1.45. The molecule has 0 heterocycles. The summed E-state index contributed by atoms with van der Waals surface area (Å²) in [6, 6.07) is 3.16. The van der Waals surface area contributed by atoms with E-state index in [1.54, 1.807) is 0 Å². The second kappa shape index (κ2) is 8.47. The summed E-state index contributed by atoms with van der Waals surface area (Å²) in [5.74, 6) is -5.33. The molecule has 0 aliphatic carbocycles. The molecule has 2 amide bonds. The van der Waals surface area contributed by atoms with Gasteiger partial charge in [0.25, 0.3) is 0 Å². The normalized spacial score (nSPS) is 9.70. The molecule has 0 aromatic heterocycles. The zero-order valence-electron chi connectivity index (χ0n) is 12.5. The lowest BCUT2D eigenvalue weighted by Gasteiger charge is -2.09. The largest absolute Gasteiger partial charge is 0.459 e. The van der Waals surface area contributed by atoms with Crippen LogP contribution in [-0.2, 0) is 28.7 Å². The van der Waals surface area contributed by atoms with E-state index in [0.29, 0.717) is 0 Å². The van der Waals surface area contributed by atoms with E-state index in [-0.39, 0.29) is 24.6 Å². The summed E-state index contributed by atoms with van der Waals surface area (Å²) in [5.41, 5.74) is -0.326. The van der Waals surface area contributed by atoms with Gasteiger partial charge in [0.2, 0.25) is 0 Å². The summed E-state index contributed by atoms with van der Waals surface area (Å²) >= 11 is 0. The van der Waals surface area contributed by atoms with Gasteiger partial charge < -0.3 is 20.1 Å². The van der Waals surface area contributed by atoms with Crippen molar-refractivity contribution in [3.05, 3.63) is 24.0 Å². The molecule has 0 aliphatic heterocycles. The topological polar surface area (TPSA) is 111 Å². The Morgan fingerprint density at radius 2 is 1.48 bits per heavy atom. The van der Waals surface area contributed by atoms with Crippen LogP contribution >= 0.6 is 0 Å². The van der Waals surface area contributed by atoms with Crippen molar-refractivity contribution in [3.63, 3.8) is 0 Å². The molecule has 0 bridgehead atoms. The standard InChI is InChI=1S/C14H15FN2O6/c1-3-22-13(20)11(18)16-8-5-6-9(15)10(7-8)17-12(19)14(21)23-4-2/h5-7H,3-4H2,1-2H3,(H,16,18)(H,17,19). The minimum Gasteiger partial charge on any atom is -0.459 e. The fourth-order valence-electron chi connectivity index (χ4n) is 1.45. The lowest BCUT2D eigenvalue weighted by atomic mass is 10.2. The Morgan fingerprint density at radius 1 is 0.957 bits per heavy atom. The second-order valence-corrected chi connectivity index (χ2v) is 4.04. The first kappa shape index (κ1) is 18.1. The van der Waals surface area contributed by atoms with Crippen molar-refractivity contribution < 1.29 is 33.0 Å². The Balaban J connectivity index is 2.83. The van der Waals surface area contributed by atoms with Crippen molar-refractivity contribution >= 4 is 35.1 Å². The third-order valence-electron chi connectivity index (χ3n) is 2.39. The van der Waals surface area contributed by atoms with Gasteiger partial charge in [-0.25, -0.2) is 14.0 Å². The Kier molecular flexibility index (Phi) is 6.66. The number of esters is 2. The van der Waals surface area contributed by atoms with Gasteiger partial charge in [0.05, 0.1) is 18.9 Å². The Morgan fingerprint density at radius 3 is 2.00 bits per heavy atom. The molecule has 23 heavy (non-hydrogen) atoms. The highest BCUT2D eigenvalue weighted by molar-refractivity contribution is 6.38. The first-order valence-electron chi connectivity index (χ1n) is 6.64. The van der Waals surface area contributed by atoms with E-state index in [0.717, 1.165) is 12.1 Å². The number of hydrogen-bond acceptors (Lipinski definition) is 6. The van der Waals surface area contributed by atoms with Crippen LogP contribution in [0.4, 0.5) is 15.8 Å². The lowest BCUT2D eigenvalue weighted by Crippen LogP contribution is -2.26. The molecule has 0 aliphatic rings. The maximum atomic E-state index is 13.6. The van der Waals surface area contributed by atoms with Gasteiger partial charge in [-0.15, -0.1) is 0 Å². The highest BCUT2D eigenvalue weighted by Gasteiger charge is 2.19. The van der Waals surface area contributed by atoms with E-state index < -0.39 is 29.6 Å². The van der Waals surface area contributed by atoms with Gasteiger partial charge in [0.1, 0.15) is 5.82 Å². The summed E-state index contributed by atoms with van der Waals surface area (Å²) < 4.78 is 22.6. The number of hydrogen-bond donors (Lipinski definition) is 2. The van der Waals surface area contributed by atoms with Crippen LogP contribution in [0.3, 0.4) is 0 Å². The quantitative estimate of drug-likeness (QED) is 0.626. The maximum Gasteiger partial charge on any atom is 0.397 e. The fraction of sp³-hybridized carbons (Fsp3) is 0.286. The van der Waals surface area contributed by atoms with Gasteiger partial charge >= 0.3 is 23.8 Å². The third kappa shape index (κ3) is 5.38. The van der Waals surface area contributed by atoms with Crippen LogP contribution in [0.5, 0.6) is 0 Å². The minimum absolute atomic E-state index is 0.00955. The van der Waals surface area contributed by atoms with Gasteiger partial charge in [-0.05, 0) is 32.0 Å². The average molecular weight is 326 g/mol. The van der Waals surface area contributed by atoms with Crippen molar-refractivity contribution in [3.8, 4) is 0 Å². The molecular formula is C14H15FN2O6. The van der Waals surface area contributed by atoms with Gasteiger partial charge in [-0.3, -0.25) is 9.59 Å². The number of benzene rings is 1. The van der Waals surface area contributed by atoms with E-state index >= 15 is 0 Å². The molecule has 0 saturated heterocycles.